The van der Waals surface area contributed by atoms with Crippen LogP contribution >= 0.6 is 0 Å². The molecular weight excluding hydrogens is 459 g/mol. The number of nitrogens with one attached hydrogen (secondary N) is 3. The van der Waals surface area contributed by atoms with Gasteiger partial charge in [-0.25, -0.2) is 9.37 Å². The van der Waals surface area contributed by atoms with Crippen molar-refractivity contribution in [2.45, 2.75) is 39.8 Å². The molecular formula is C27H33FN6O2. The SMILES string of the molecule is CC(=O)NCCCCNC(=O)CN1CCn2c(nc(-c3ccc(F)cc3)c2Nc2ccc(C)cc2)C1. The van der Waals surface area contributed by atoms with Gasteiger partial charge in [0.15, 0.2) is 0 Å². The molecule has 0 unspecified atom stereocenters. The Morgan fingerprint density at radius 1 is 0.972 bits per heavy atom. The van der Waals surface area contributed by atoms with Crippen LogP contribution in [0.4, 0.5) is 15.9 Å². The molecule has 2 heterocycles. The van der Waals surface area contributed by atoms with E-state index in [0.717, 1.165) is 41.4 Å². The number of aryl methyl sites for hydroxylation is 1. The van der Waals surface area contributed by atoms with E-state index in [1.807, 2.05) is 31.2 Å². The van der Waals surface area contributed by atoms with E-state index in [1.54, 1.807) is 12.1 Å². The van der Waals surface area contributed by atoms with E-state index in [9.17, 15) is 14.0 Å². The number of rotatable bonds is 10. The second-order valence-electron chi connectivity index (χ2n) is 9.13. The number of aromatic nitrogens is 2. The first-order chi connectivity index (χ1) is 17.4. The summed E-state index contributed by atoms with van der Waals surface area (Å²) in [4.78, 5) is 30.3. The molecule has 1 aliphatic rings. The Morgan fingerprint density at radius 3 is 2.36 bits per heavy atom. The largest absolute Gasteiger partial charge is 0.356 e. The number of unbranched alkanes of at least 4 members (excludes halogenated alkanes) is 1. The molecule has 0 fully saturated rings. The first kappa shape index (κ1) is 25.4. The van der Waals surface area contributed by atoms with Gasteiger partial charge < -0.3 is 20.5 Å². The van der Waals surface area contributed by atoms with Gasteiger partial charge in [-0.15, -0.1) is 0 Å². The number of benzene rings is 2. The summed E-state index contributed by atoms with van der Waals surface area (Å²) in [7, 11) is 0. The maximum absolute atomic E-state index is 13.6. The van der Waals surface area contributed by atoms with Gasteiger partial charge in [0, 0.05) is 44.4 Å². The number of hydrogen-bond acceptors (Lipinski definition) is 5. The average molecular weight is 493 g/mol. The second-order valence-corrected chi connectivity index (χ2v) is 9.13. The number of carbonyl (C=O) groups excluding carboxylic acids is 2. The quantitative estimate of drug-likeness (QED) is 0.376. The summed E-state index contributed by atoms with van der Waals surface area (Å²) in [5, 5.41) is 9.22. The molecule has 0 atom stereocenters. The van der Waals surface area contributed by atoms with Crippen LogP contribution in [0.1, 0.15) is 31.2 Å². The number of imidazole rings is 1. The van der Waals surface area contributed by atoms with Gasteiger partial charge in [-0.3, -0.25) is 14.5 Å². The fraction of sp³-hybridized carbons (Fsp3) is 0.370. The van der Waals surface area contributed by atoms with Crippen LogP contribution in [0.5, 0.6) is 0 Å². The van der Waals surface area contributed by atoms with Gasteiger partial charge in [-0.1, -0.05) is 17.7 Å². The number of halogens is 1. The molecule has 0 bridgehead atoms. The Morgan fingerprint density at radius 2 is 1.67 bits per heavy atom. The Balaban J connectivity index is 1.43. The molecule has 1 aliphatic heterocycles. The molecule has 3 N–H and O–H groups in total. The Hall–Kier alpha value is -3.72. The maximum Gasteiger partial charge on any atom is 0.234 e. The van der Waals surface area contributed by atoms with Crippen LogP contribution in [-0.2, 0) is 22.7 Å². The third-order valence-corrected chi connectivity index (χ3v) is 6.15. The molecule has 0 spiro atoms. The lowest BCUT2D eigenvalue weighted by Crippen LogP contribution is -2.41. The summed E-state index contributed by atoms with van der Waals surface area (Å²) in [5.41, 5.74) is 3.72. The molecule has 0 radical (unpaired) electrons. The summed E-state index contributed by atoms with van der Waals surface area (Å²) in [6.07, 6.45) is 1.63. The minimum atomic E-state index is -0.289. The number of hydrogen-bond donors (Lipinski definition) is 3. The minimum absolute atomic E-state index is 0.0219. The van der Waals surface area contributed by atoms with Crippen LogP contribution in [0.2, 0.25) is 0 Å². The van der Waals surface area contributed by atoms with E-state index in [1.165, 1.54) is 24.6 Å². The van der Waals surface area contributed by atoms with Crippen molar-refractivity contribution >= 4 is 23.3 Å². The zero-order chi connectivity index (χ0) is 25.5. The molecule has 2 aromatic carbocycles. The van der Waals surface area contributed by atoms with Crippen LogP contribution in [0.3, 0.4) is 0 Å². The number of carbonyl (C=O) groups is 2. The summed E-state index contributed by atoms with van der Waals surface area (Å²) in [6.45, 7) is 6.98. The molecule has 1 aromatic heterocycles. The topological polar surface area (TPSA) is 91.3 Å². The van der Waals surface area contributed by atoms with E-state index in [0.29, 0.717) is 39.3 Å². The number of amides is 2. The summed E-state index contributed by atoms with van der Waals surface area (Å²) in [6, 6.07) is 14.5. The van der Waals surface area contributed by atoms with E-state index < -0.39 is 0 Å². The zero-order valence-corrected chi connectivity index (χ0v) is 20.8. The summed E-state index contributed by atoms with van der Waals surface area (Å²) in [5.74, 6) is 1.37. The van der Waals surface area contributed by atoms with Crippen molar-refractivity contribution in [3.8, 4) is 11.3 Å². The molecule has 8 nitrogen and oxygen atoms in total. The highest BCUT2D eigenvalue weighted by Gasteiger charge is 2.25. The molecule has 0 saturated carbocycles. The molecule has 4 rings (SSSR count). The smallest absolute Gasteiger partial charge is 0.234 e. The minimum Gasteiger partial charge on any atom is -0.356 e. The molecule has 0 saturated heterocycles. The van der Waals surface area contributed by atoms with Crippen LogP contribution < -0.4 is 16.0 Å². The third-order valence-electron chi connectivity index (χ3n) is 6.15. The summed E-state index contributed by atoms with van der Waals surface area (Å²) < 4.78 is 15.7. The normalized spacial score (nSPS) is 13.2. The van der Waals surface area contributed by atoms with Gasteiger partial charge >= 0.3 is 0 Å². The van der Waals surface area contributed by atoms with Crippen molar-refractivity contribution in [2.75, 3.05) is 31.5 Å². The lowest BCUT2D eigenvalue weighted by molar-refractivity contribution is -0.122. The predicted octanol–water partition coefficient (Wildman–Crippen LogP) is 3.59. The average Bonchev–Trinajstić information content (AvgIpc) is 3.20. The maximum atomic E-state index is 13.6. The monoisotopic (exact) mass is 492 g/mol. The second kappa shape index (κ2) is 11.8. The molecule has 9 heteroatoms. The van der Waals surface area contributed by atoms with E-state index >= 15 is 0 Å². The molecule has 36 heavy (non-hydrogen) atoms. The van der Waals surface area contributed by atoms with Gasteiger partial charge in [-0.2, -0.15) is 0 Å². The van der Waals surface area contributed by atoms with Crippen molar-refractivity contribution in [1.82, 2.24) is 25.1 Å². The van der Waals surface area contributed by atoms with Crippen LogP contribution in [0.25, 0.3) is 11.3 Å². The summed E-state index contributed by atoms with van der Waals surface area (Å²) >= 11 is 0. The van der Waals surface area contributed by atoms with Crippen LogP contribution in [-0.4, -0.2) is 52.4 Å². The zero-order valence-electron chi connectivity index (χ0n) is 20.8. The van der Waals surface area contributed by atoms with E-state index in [-0.39, 0.29) is 17.6 Å². The van der Waals surface area contributed by atoms with Gasteiger partial charge in [0.1, 0.15) is 23.2 Å². The molecule has 190 valence electrons. The van der Waals surface area contributed by atoms with Crippen molar-refractivity contribution < 1.29 is 14.0 Å². The van der Waals surface area contributed by atoms with Crippen LogP contribution in [0, 0.1) is 12.7 Å². The Bertz CT molecular complexity index is 1190. The van der Waals surface area contributed by atoms with Crippen molar-refractivity contribution in [3.63, 3.8) is 0 Å². The standard InChI is InChI=1S/C27H33FN6O2/c1-19-5-11-23(12-6-19)31-27-26(21-7-9-22(28)10-8-21)32-24-17-33(15-16-34(24)27)18-25(36)30-14-4-3-13-29-20(2)35/h5-12,31H,3-4,13-18H2,1-2H3,(H,29,35)(H,30,36). The van der Waals surface area contributed by atoms with Gasteiger partial charge in [-0.05, 0) is 56.2 Å². The van der Waals surface area contributed by atoms with E-state index in [4.69, 9.17) is 4.98 Å². The third kappa shape index (κ3) is 6.69. The number of fused-ring (bicyclic) bond motifs is 1. The number of anilines is 2. The highest BCUT2D eigenvalue weighted by Crippen LogP contribution is 2.33. The Labute approximate surface area is 210 Å². The fourth-order valence-corrected chi connectivity index (χ4v) is 4.23. The van der Waals surface area contributed by atoms with Crippen molar-refractivity contribution in [3.05, 3.63) is 65.7 Å². The van der Waals surface area contributed by atoms with Crippen LogP contribution in [0.15, 0.2) is 48.5 Å². The number of nitrogens with zero attached hydrogens (tertiary/aromatic N) is 3. The first-order valence-corrected chi connectivity index (χ1v) is 12.3. The van der Waals surface area contributed by atoms with Gasteiger partial charge in [0.2, 0.25) is 11.8 Å². The molecule has 2 amide bonds. The van der Waals surface area contributed by atoms with E-state index in [2.05, 4.69) is 25.4 Å². The highest BCUT2D eigenvalue weighted by molar-refractivity contribution is 5.78. The van der Waals surface area contributed by atoms with Crippen molar-refractivity contribution in [1.29, 1.82) is 0 Å². The predicted molar refractivity (Wildman–Crippen MR) is 138 cm³/mol. The van der Waals surface area contributed by atoms with Gasteiger partial charge in [0.25, 0.3) is 0 Å². The molecule has 0 aliphatic carbocycles. The first-order valence-electron chi connectivity index (χ1n) is 12.3. The highest BCUT2D eigenvalue weighted by atomic mass is 19.1. The molecule has 3 aromatic rings. The fourth-order valence-electron chi connectivity index (χ4n) is 4.23. The van der Waals surface area contributed by atoms with Crippen molar-refractivity contribution in [2.24, 2.45) is 0 Å². The lowest BCUT2D eigenvalue weighted by Gasteiger charge is -2.28. The van der Waals surface area contributed by atoms with Gasteiger partial charge in [0.05, 0.1) is 13.1 Å². The Kier molecular flexibility index (Phi) is 8.32. The lowest BCUT2D eigenvalue weighted by atomic mass is 10.1.